The molecule has 3 rings (SSSR count). The van der Waals surface area contributed by atoms with Gasteiger partial charge in [0, 0.05) is 27.1 Å². The van der Waals surface area contributed by atoms with E-state index in [9.17, 15) is 4.79 Å². The number of carbonyl (C=O) groups excluding carboxylic acids is 1. The minimum atomic E-state index is -0.115. The van der Waals surface area contributed by atoms with Gasteiger partial charge in [0.1, 0.15) is 0 Å². The summed E-state index contributed by atoms with van der Waals surface area (Å²) in [5.41, 5.74) is 7.71. The molecule has 2 aromatic carbocycles. The minimum Gasteiger partial charge on any atom is -0.399 e. The number of nitrogens with one attached hydrogen (secondary N) is 1. The van der Waals surface area contributed by atoms with Gasteiger partial charge in [0.25, 0.3) is 5.91 Å². The third-order valence-electron chi connectivity index (χ3n) is 3.89. The van der Waals surface area contributed by atoms with Crippen molar-refractivity contribution in [2.75, 3.05) is 11.1 Å². The van der Waals surface area contributed by atoms with E-state index in [1.54, 1.807) is 24.3 Å². The molecule has 0 unspecified atom stereocenters. The molecule has 1 aliphatic rings. The third kappa shape index (κ3) is 4.91. The molecule has 2 aromatic rings. The summed E-state index contributed by atoms with van der Waals surface area (Å²) >= 11 is 1.95. The highest BCUT2D eigenvalue weighted by molar-refractivity contribution is 8.00. The number of anilines is 2. The number of thioether (sulfide) groups is 1. The Labute approximate surface area is 147 Å². The van der Waals surface area contributed by atoms with Gasteiger partial charge >= 0.3 is 0 Å². The zero-order valence-corrected chi connectivity index (χ0v) is 14.5. The lowest BCUT2D eigenvalue weighted by molar-refractivity contribution is 0.102. The van der Waals surface area contributed by atoms with Gasteiger partial charge in [-0.05, 0) is 61.4 Å². The fraction of sp³-hybridized carbons (Fsp3) is 0.278. The van der Waals surface area contributed by atoms with Crippen molar-refractivity contribution in [2.45, 2.75) is 35.8 Å². The standard InChI is InChI=1S/C18H20N2OS.ClH/c19-14-7-5-13(6-8-14)18(21)20-15-9-11-17(12-10-15)22-16-3-1-2-4-16;/h5-12,16H,1-4,19H2,(H,20,21);1H. The number of benzene rings is 2. The molecule has 0 aliphatic heterocycles. The maximum Gasteiger partial charge on any atom is 0.255 e. The summed E-state index contributed by atoms with van der Waals surface area (Å²) in [4.78, 5) is 13.4. The van der Waals surface area contributed by atoms with Crippen LogP contribution in [0.25, 0.3) is 0 Å². The van der Waals surface area contributed by atoms with Gasteiger partial charge in [-0.15, -0.1) is 24.2 Å². The Morgan fingerprint density at radius 2 is 1.61 bits per heavy atom. The predicted molar refractivity (Wildman–Crippen MR) is 101 cm³/mol. The maximum atomic E-state index is 12.1. The lowest BCUT2D eigenvalue weighted by atomic mass is 10.2. The van der Waals surface area contributed by atoms with E-state index in [1.807, 2.05) is 23.9 Å². The second kappa shape index (κ2) is 8.27. The van der Waals surface area contributed by atoms with Crippen molar-refractivity contribution in [3.05, 3.63) is 54.1 Å². The summed E-state index contributed by atoms with van der Waals surface area (Å²) in [6.07, 6.45) is 5.35. The molecule has 0 heterocycles. The highest BCUT2D eigenvalue weighted by Gasteiger charge is 2.16. The molecule has 1 saturated carbocycles. The number of hydrogen-bond donors (Lipinski definition) is 2. The Balaban J connectivity index is 0.00000192. The first kappa shape index (κ1) is 17.7. The Morgan fingerprint density at radius 3 is 2.22 bits per heavy atom. The topological polar surface area (TPSA) is 55.1 Å². The molecule has 3 N–H and O–H groups in total. The number of hydrogen-bond acceptors (Lipinski definition) is 3. The third-order valence-corrected chi connectivity index (χ3v) is 5.24. The number of nitrogens with two attached hydrogens (primary N) is 1. The lowest BCUT2D eigenvalue weighted by Gasteiger charge is -2.10. The van der Waals surface area contributed by atoms with Crippen molar-refractivity contribution in [3.63, 3.8) is 0 Å². The van der Waals surface area contributed by atoms with Gasteiger partial charge in [-0.3, -0.25) is 4.79 Å². The molecule has 0 saturated heterocycles. The van der Waals surface area contributed by atoms with Crippen molar-refractivity contribution >= 4 is 41.5 Å². The first-order valence-electron chi connectivity index (χ1n) is 7.64. The molecule has 3 nitrogen and oxygen atoms in total. The first-order valence-corrected chi connectivity index (χ1v) is 8.52. The van der Waals surface area contributed by atoms with Gasteiger partial charge in [-0.2, -0.15) is 0 Å². The summed E-state index contributed by atoms with van der Waals surface area (Å²) in [6.45, 7) is 0. The van der Waals surface area contributed by atoms with E-state index in [4.69, 9.17) is 5.73 Å². The smallest absolute Gasteiger partial charge is 0.255 e. The molecule has 0 atom stereocenters. The fourth-order valence-corrected chi connectivity index (χ4v) is 3.90. The van der Waals surface area contributed by atoms with E-state index in [0.717, 1.165) is 10.9 Å². The van der Waals surface area contributed by atoms with Crippen LogP contribution >= 0.6 is 24.2 Å². The van der Waals surface area contributed by atoms with Gasteiger partial charge in [0.15, 0.2) is 0 Å². The van der Waals surface area contributed by atoms with E-state index in [-0.39, 0.29) is 18.3 Å². The molecule has 1 fully saturated rings. The second-order valence-corrected chi connectivity index (χ2v) is 7.00. The van der Waals surface area contributed by atoms with Crippen LogP contribution in [-0.2, 0) is 0 Å². The van der Waals surface area contributed by atoms with Gasteiger partial charge in [-0.1, -0.05) is 12.8 Å². The lowest BCUT2D eigenvalue weighted by Crippen LogP contribution is -2.11. The van der Waals surface area contributed by atoms with Crippen LogP contribution in [0.2, 0.25) is 0 Å². The summed E-state index contributed by atoms with van der Waals surface area (Å²) in [7, 11) is 0. The van der Waals surface area contributed by atoms with E-state index in [2.05, 4.69) is 17.4 Å². The number of rotatable bonds is 4. The number of amides is 1. The average molecular weight is 349 g/mol. The van der Waals surface area contributed by atoms with Crippen LogP contribution in [0.3, 0.4) is 0 Å². The van der Waals surface area contributed by atoms with E-state index in [1.165, 1.54) is 30.6 Å². The molecule has 0 bridgehead atoms. The predicted octanol–water partition coefficient (Wildman–Crippen LogP) is 4.98. The van der Waals surface area contributed by atoms with Crippen LogP contribution in [0.4, 0.5) is 11.4 Å². The molecule has 1 amide bonds. The number of halogens is 1. The quantitative estimate of drug-likeness (QED) is 0.766. The molecule has 122 valence electrons. The zero-order valence-electron chi connectivity index (χ0n) is 12.8. The van der Waals surface area contributed by atoms with Crippen molar-refractivity contribution in [1.29, 1.82) is 0 Å². The van der Waals surface area contributed by atoms with Crippen LogP contribution < -0.4 is 11.1 Å². The van der Waals surface area contributed by atoms with Crippen LogP contribution in [0.1, 0.15) is 36.0 Å². The van der Waals surface area contributed by atoms with Crippen LogP contribution in [0.5, 0.6) is 0 Å². The molecule has 0 spiro atoms. The molecular formula is C18H21ClN2OS. The highest BCUT2D eigenvalue weighted by atomic mass is 35.5. The Kier molecular flexibility index (Phi) is 6.37. The van der Waals surface area contributed by atoms with Gasteiger partial charge < -0.3 is 11.1 Å². The normalized spacial score (nSPS) is 14.3. The Bertz CT molecular complexity index is 637. The van der Waals surface area contributed by atoms with Gasteiger partial charge in [-0.25, -0.2) is 0 Å². The Morgan fingerprint density at radius 1 is 1.00 bits per heavy atom. The molecular weight excluding hydrogens is 328 g/mol. The second-order valence-electron chi connectivity index (χ2n) is 5.62. The molecule has 5 heteroatoms. The van der Waals surface area contributed by atoms with Crippen molar-refractivity contribution in [3.8, 4) is 0 Å². The average Bonchev–Trinajstić information content (AvgIpc) is 3.03. The largest absolute Gasteiger partial charge is 0.399 e. The molecule has 23 heavy (non-hydrogen) atoms. The summed E-state index contributed by atoms with van der Waals surface area (Å²) in [5, 5.41) is 3.67. The van der Waals surface area contributed by atoms with Crippen molar-refractivity contribution < 1.29 is 4.79 Å². The summed E-state index contributed by atoms with van der Waals surface area (Å²) in [5.74, 6) is -0.115. The monoisotopic (exact) mass is 348 g/mol. The van der Waals surface area contributed by atoms with E-state index < -0.39 is 0 Å². The van der Waals surface area contributed by atoms with Crippen molar-refractivity contribution in [2.24, 2.45) is 0 Å². The zero-order chi connectivity index (χ0) is 15.4. The van der Waals surface area contributed by atoms with E-state index in [0.29, 0.717) is 11.3 Å². The molecule has 1 aliphatic carbocycles. The van der Waals surface area contributed by atoms with Crippen LogP contribution in [-0.4, -0.2) is 11.2 Å². The minimum absolute atomic E-state index is 0. The maximum absolute atomic E-state index is 12.1. The Hall–Kier alpha value is -1.65. The van der Waals surface area contributed by atoms with E-state index >= 15 is 0 Å². The number of nitrogen functional groups attached to an aromatic ring is 1. The highest BCUT2D eigenvalue weighted by Crippen LogP contribution is 2.34. The summed E-state index contributed by atoms with van der Waals surface area (Å²) in [6, 6.07) is 15.0. The van der Waals surface area contributed by atoms with Crippen LogP contribution in [0, 0.1) is 0 Å². The fourth-order valence-electron chi connectivity index (χ4n) is 2.65. The number of carbonyl (C=O) groups is 1. The summed E-state index contributed by atoms with van der Waals surface area (Å²) < 4.78 is 0. The first-order chi connectivity index (χ1) is 10.7. The SMILES string of the molecule is Cl.Nc1ccc(C(=O)Nc2ccc(SC3CCCC3)cc2)cc1. The van der Waals surface area contributed by atoms with Gasteiger partial charge in [0.2, 0.25) is 0 Å². The van der Waals surface area contributed by atoms with Crippen LogP contribution in [0.15, 0.2) is 53.4 Å². The molecule has 0 radical (unpaired) electrons. The van der Waals surface area contributed by atoms with Gasteiger partial charge in [0.05, 0.1) is 0 Å². The van der Waals surface area contributed by atoms with Crippen molar-refractivity contribution in [1.82, 2.24) is 0 Å². The molecule has 0 aromatic heterocycles.